The Bertz CT molecular complexity index is 621. The molecule has 0 spiro atoms. The highest BCUT2D eigenvalue weighted by Gasteiger charge is 2.16. The molecule has 19 heavy (non-hydrogen) atoms. The Labute approximate surface area is 111 Å². The predicted octanol–water partition coefficient (Wildman–Crippen LogP) is 3.52. The van der Waals surface area contributed by atoms with E-state index in [1.54, 1.807) is 37.3 Å². The maximum atomic E-state index is 11.2. The Morgan fingerprint density at radius 2 is 2.05 bits per heavy atom. The third-order valence-corrected chi connectivity index (χ3v) is 2.63. The van der Waals surface area contributed by atoms with Crippen LogP contribution in [0.5, 0.6) is 11.6 Å². The molecule has 0 saturated heterocycles. The van der Waals surface area contributed by atoms with Gasteiger partial charge in [-0.25, -0.2) is 9.78 Å². The highest BCUT2D eigenvalue weighted by atomic mass is 16.5. The molecule has 0 unspecified atom stereocenters. The Balaban J connectivity index is 2.47. The molecule has 2 aromatic rings. The molecule has 0 aliphatic rings. The molecule has 0 radical (unpaired) electrons. The number of para-hydroxylation sites is 1. The minimum Gasteiger partial charge on any atom is -0.477 e. The van der Waals surface area contributed by atoms with Crippen molar-refractivity contribution < 1.29 is 14.6 Å². The molecule has 0 amide bonds. The van der Waals surface area contributed by atoms with Gasteiger partial charge in [0, 0.05) is 5.69 Å². The average Bonchev–Trinajstić information content (AvgIpc) is 2.39. The number of carbonyl (C=O) groups is 1. The number of aromatic nitrogens is 1. The molecule has 1 N–H and O–H groups in total. The van der Waals surface area contributed by atoms with E-state index in [-0.39, 0.29) is 11.4 Å². The normalized spacial score (nSPS) is 9.95. The van der Waals surface area contributed by atoms with Gasteiger partial charge in [0.2, 0.25) is 5.88 Å². The van der Waals surface area contributed by atoms with Gasteiger partial charge >= 0.3 is 5.97 Å². The number of carboxylic acid groups (broad SMARTS) is 1. The number of carboxylic acids is 1. The standard InChI is InChI=1S/C15H13NO3/c1-3-11-9-13(15(17)18)14(16-10(11)2)19-12-7-5-4-6-8-12/h3-9H,1H2,2H3,(H,17,18). The second kappa shape index (κ2) is 5.35. The number of hydrogen-bond acceptors (Lipinski definition) is 3. The fourth-order valence-corrected chi connectivity index (χ4v) is 1.64. The van der Waals surface area contributed by atoms with Crippen LogP contribution >= 0.6 is 0 Å². The first-order valence-corrected chi connectivity index (χ1v) is 5.72. The van der Waals surface area contributed by atoms with E-state index in [0.717, 1.165) is 0 Å². The summed E-state index contributed by atoms with van der Waals surface area (Å²) >= 11 is 0. The van der Waals surface area contributed by atoms with Crippen molar-refractivity contribution in [3.05, 3.63) is 59.8 Å². The molecule has 0 fully saturated rings. The van der Waals surface area contributed by atoms with Crippen LogP contribution in [0.4, 0.5) is 0 Å². The maximum absolute atomic E-state index is 11.2. The van der Waals surface area contributed by atoms with Gasteiger partial charge in [-0.2, -0.15) is 0 Å². The van der Waals surface area contributed by atoms with Crippen molar-refractivity contribution in [3.63, 3.8) is 0 Å². The number of ether oxygens (including phenoxy) is 1. The topological polar surface area (TPSA) is 59.4 Å². The molecule has 0 aliphatic carbocycles. The zero-order valence-corrected chi connectivity index (χ0v) is 10.5. The lowest BCUT2D eigenvalue weighted by Crippen LogP contribution is -2.04. The van der Waals surface area contributed by atoms with Crippen LogP contribution in [0.15, 0.2) is 43.0 Å². The number of aromatic carboxylic acids is 1. The molecule has 0 bridgehead atoms. The first kappa shape index (κ1) is 12.8. The summed E-state index contributed by atoms with van der Waals surface area (Å²) in [5, 5.41) is 9.20. The van der Waals surface area contributed by atoms with Crippen molar-refractivity contribution in [2.45, 2.75) is 6.92 Å². The largest absolute Gasteiger partial charge is 0.477 e. The van der Waals surface area contributed by atoms with Gasteiger partial charge in [-0.15, -0.1) is 0 Å². The average molecular weight is 255 g/mol. The first-order valence-electron chi connectivity index (χ1n) is 5.72. The summed E-state index contributed by atoms with van der Waals surface area (Å²) in [6, 6.07) is 10.5. The zero-order chi connectivity index (χ0) is 13.8. The first-order chi connectivity index (χ1) is 9.11. The van der Waals surface area contributed by atoms with Gasteiger partial charge in [0.1, 0.15) is 11.3 Å². The van der Waals surface area contributed by atoms with Crippen LogP contribution in [0, 0.1) is 6.92 Å². The van der Waals surface area contributed by atoms with E-state index in [4.69, 9.17) is 4.74 Å². The van der Waals surface area contributed by atoms with Crippen LogP contribution in [0.3, 0.4) is 0 Å². The number of benzene rings is 1. The molecule has 1 aromatic heterocycles. The second-order valence-corrected chi connectivity index (χ2v) is 3.94. The quantitative estimate of drug-likeness (QED) is 0.908. The lowest BCUT2D eigenvalue weighted by Gasteiger charge is -2.10. The van der Waals surface area contributed by atoms with Crippen molar-refractivity contribution >= 4 is 12.0 Å². The number of hydrogen-bond donors (Lipinski definition) is 1. The van der Waals surface area contributed by atoms with E-state index in [2.05, 4.69) is 11.6 Å². The summed E-state index contributed by atoms with van der Waals surface area (Å²) in [6.45, 7) is 5.41. The van der Waals surface area contributed by atoms with E-state index >= 15 is 0 Å². The number of rotatable bonds is 4. The Morgan fingerprint density at radius 3 is 2.63 bits per heavy atom. The summed E-state index contributed by atoms with van der Waals surface area (Å²) in [5.74, 6) is -0.452. The molecular weight excluding hydrogens is 242 g/mol. The zero-order valence-electron chi connectivity index (χ0n) is 10.5. The lowest BCUT2D eigenvalue weighted by molar-refractivity contribution is 0.0693. The van der Waals surface area contributed by atoms with Crippen LogP contribution in [-0.4, -0.2) is 16.1 Å². The highest BCUT2D eigenvalue weighted by molar-refractivity contribution is 5.91. The van der Waals surface area contributed by atoms with Gasteiger partial charge in [-0.05, 0) is 30.7 Å². The fraction of sp³-hybridized carbons (Fsp3) is 0.0667. The predicted molar refractivity (Wildman–Crippen MR) is 72.5 cm³/mol. The summed E-state index contributed by atoms with van der Waals surface area (Å²) in [7, 11) is 0. The number of nitrogens with zero attached hydrogens (tertiary/aromatic N) is 1. The monoisotopic (exact) mass is 255 g/mol. The molecule has 0 aliphatic heterocycles. The molecule has 1 aromatic carbocycles. The van der Waals surface area contributed by atoms with Gasteiger partial charge in [0.15, 0.2) is 0 Å². The smallest absolute Gasteiger partial charge is 0.341 e. The van der Waals surface area contributed by atoms with E-state index in [9.17, 15) is 9.90 Å². The van der Waals surface area contributed by atoms with Gasteiger partial charge in [-0.1, -0.05) is 30.9 Å². The van der Waals surface area contributed by atoms with Gasteiger partial charge in [0.05, 0.1) is 0 Å². The number of pyridine rings is 1. The molecule has 96 valence electrons. The third-order valence-electron chi connectivity index (χ3n) is 2.63. The van der Waals surface area contributed by atoms with Crippen molar-refractivity contribution in [1.82, 2.24) is 4.98 Å². The molecule has 0 saturated carbocycles. The van der Waals surface area contributed by atoms with Crippen molar-refractivity contribution in [1.29, 1.82) is 0 Å². The summed E-state index contributed by atoms with van der Waals surface area (Å²) in [4.78, 5) is 15.4. The molecular formula is C15H13NO3. The Hall–Kier alpha value is -2.62. The van der Waals surface area contributed by atoms with E-state index in [0.29, 0.717) is 17.0 Å². The molecule has 4 nitrogen and oxygen atoms in total. The van der Waals surface area contributed by atoms with Crippen LogP contribution < -0.4 is 4.74 Å². The molecule has 4 heteroatoms. The van der Waals surface area contributed by atoms with Crippen LogP contribution in [-0.2, 0) is 0 Å². The van der Waals surface area contributed by atoms with E-state index < -0.39 is 5.97 Å². The van der Waals surface area contributed by atoms with Gasteiger partial charge < -0.3 is 9.84 Å². The minimum atomic E-state index is -1.08. The summed E-state index contributed by atoms with van der Waals surface area (Å²) in [6.07, 6.45) is 1.57. The summed E-state index contributed by atoms with van der Waals surface area (Å²) < 4.78 is 5.52. The van der Waals surface area contributed by atoms with Gasteiger partial charge in [-0.3, -0.25) is 0 Å². The van der Waals surface area contributed by atoms with Crippen molar-refractivity contribution in [2.75, 3.05) is 0 Å². The van der Waals surface area contributed by atoms with E-state index in [1.165, 1.54) is 6.07 Å². The second-order valence-electron chi connectivity index (χ2n) is 3.94. The SMILES string of the molecule is C=Cc1cc(C(=O)O)c(Oc2ccccc2)nc1C. The molecule has 0 atom stereocenters. The van der Waals surface area contributed by atoms with Crippen LogP contribution in [0.1, 0.15) is 21.6 Å². The minimum absolute atomic E-state index is 0.0179. The van der Waals surface area contributed by atoms with E-state index in [1.807, 2.05) is 6.07 Å². The summed E-state index contributed by atoms with van der Waals surface area (Å²) in [5.41, 5.74) is 1.37. The van der Waals surface area contributed by atoms with Crippen LogP contribution in [0.25, 0.3) is 6.08 Å². The number of aryl methyl sites for hydroxylation is 1. The van der Waals surface area contributed by atoms with Crippen LogP contribution in [0.2, 0.25) is 0 Å². The molecule has 2 rings (SSSR count). The van der Waals surface area contributed by atoms with Crippen molar-refractivity contribution in [2.24, 2.45) is 0 Å². The highest BCUT2D eigenvalue weighted by Crippen LogP contribution is 2.25. The Morgan fingerprint density at radius 1 is 1.37 bits per heavy atom. The third kappa shape index (κ3) is 2.80. The molecule has 1 heterocycles. The Kier molecular flexibility index (Phi) is 3.61. The fourth-order valence-electron chi connectivity index (χ4n) is 1.64. The van der Waals surface area contributed by atoms with Gasteiger partial charge in [0.25, 0.3) is 0 Å². The lowest BCUT2D eigenvalue weighted by atomic mass is 10.1. The van der Waals surface area contributed by atoms with Crippen molar-refractivity contribution in [3.8, 4) is 11.6 Å². The maximum Gasteiger partial charge on any atom is 0.341 e.